The zero-order valence-electron chi connectivity index (χ0n) is 9.75. The van der Waals surface area contributed by atoms with Crippen molar-refractivity contribution in [1.82, 2.24) is 5.32 Å². The number of nitrogens with one attached hydrogen (secondary N) is 1. The van der Waals surface area contributed by atoms with E-state index in [1.165, 1.54) is 12.1 Å². The first-order valence-electron chi connectivity index (χ1n) is 5.49. The molecule has 0 fully saturated rings. The first kappa shape index (κ1) is 13.4. The Morgan fingerprint density at radius 1 is 0.944 bits per heavy atom. The lowest BCUT2D eigenvalue weighted by atomic mass is 9.99. The second-order valence-corrected chi connectivity index (χ2v) is 5.22. The average Bonchev–Trinajstić information content (AvgIpc) is 2.31. The van der Waals surface area contributed by atoms with Crippen LogP contribution in [0.3, 0.4) is 0 Å². The van der Waals surface area contributed by atoms with Gasteiger partial charge in [-0.3, -0.25) is 0 Å². The predicted octanol–water partition coefficient (Wildman–Crippen LogP) is 3.88. The Kier molecular flexibility index (Phi) is 4.29. The van der Waals surface area contributed by atoms with Gasteiger partial charge < -0.3 is 5.32 Å². The highest BCUT2D eigenvalue weighted by atomic mass is 127. The van der Waals surface area contributed by atoms with E-state index < -0.39 is 11.6 Å². The molecule has 2 rings (SSSR count). The van der Waals surface area contributed by atoms with E-state index in [2.05, 4.69) is 27.9 Å². The van der Waals surface area contributed by atoms with Crippen molar-refractivity contribution in [3.05, 3.63) is 68.8 Å². The molecule has 1 nitrogen and oxygen atoms in total. The second-order valence-electron chi connectivity index (χ2n) is 3.98. The van der Waals surface area contributed by atoms with E-state index in [9.17, 15) is 8.78 Å². The van der Waals surface area contributed by atoms with Crippen molar-refractivity contribution in [3.8, 4) is 0 Å². The SMILES string of the molecule is CNC(c1ccc(I)cc1)c1cc(F)cc(F)c1. The fraction of sp³-hybridized carbons (Fsp3) is 0.143. The maximum absolute atomic E-state index is 13.2. The van der Waals surface area contributed by atoms with Gasteiger partial charge in [-0.05, 0) is 65.0 Å². The molecule has 1 N–H and O–H groups in total. The zero-order chi connectivity index (χ0) is 13.1. The van der Waals surface area contributed by atoms with Gasteiger partial charge in [-0.1, -0.05) is 12.1 Å². The van der Waals surface area contributed by atoms with Gasteiger partial charge in [0.1, 0.15) is 11.6 Å². The highest BCUT2D eigenvalue weighted by Gasteiger charge is 2.13. The molecule has 4 heteroatoms. The van der Waals surface area contributed by atoms with Crippen LogP contribution in [0.25, 0.3) is 0 Å². The van der Waals surface area contributed by atoms with Gasteiger partial charge in [-0.25, -0.2) is 8.78 Å². The van der Waals surface area contributed by atoms with Gasteiger partial charge in [0, 0.05) is 9.64 Å². The maximum Gasteiger partial charge on any atom is 0.126 e. The molecule has 0 aliphatic heterocycles. The van der Waals surface area contributed by atoms with Crippen LogP contribution in [-0.2, 0) is 0 Å². The Bertz CT molecular complexity index is 520. The highest BCUT2D eigenvalue weighted by Crippen LogP contribution is 2.24. The smallest absolute Gasteiger partial charge is 0.126 e. The van der Waals surface area contributed by atoms with E-state index in [0.29, 0.717) is 5.56 Å². The molecule has 0 amide bonds. The number of halogens is 3. The van der Waals surface area contributed by atoms with Gasteiger partial charge in [0.2, 0.25) is 0 Å². The van der Waals surface area contributed by atoms with Gasteiger partial charge in [0.05, 0.1) is 6.04 Å². The Morgan fingerprint density at radius 2 is 1.50 bits per heavy atom. The normalized spacial score (nSPS) is 12.4. The maximum atomic E-state index is 13.2. The lowest BCUT2D eigenvalue weighted by Crippen LogP contribution is -2.18. The Hall–Kier alpha value is -1.01. The van der Waals surface area contributed by atoms with Crippen LogP contribution in [0.4, 0.5) is 8.78 Å². The molecule has 94 valence electrons. The molecule has 0 spiro atoms. The Balaban J connectivity index is 2.41. The highest BCUT2D eigenvalue weighted by molar-refractivity contribution is 14.1. The zero-order valence-corrected chi connectivity index (χ0v) is 11.9. The quantitative estimate of drug-likeness (QED) is 0.821. The third kappa shape index (κ3) is 3.05. The van der Waals surface area contributed by atoms with Gasteiger partial charge in [0.15, 0.2) is 0 Å². The first-order chi connectivity index (χ1) is 8.60. The number of benzene rings is 2. The van der Waals surface area contributed by atoms with Crippen molar-refractivity contribution in [2.24, 2.45) is 0 Å². The molecule has 0 saturated carbocycles. The molecule has 2 aromatic carbocycles. The van der Waals surface area contributed by atoms with E-state index in [0.717, 1.165) is 15.2 Å². The van der Waals surface area contributed by atoms with E-state index in [-0.39, 0.29) is 6.04 Å². The minimum Gasteiger partial charge on any atom is -0.309 e. The summed E-state index contributed by atoms with van der Waals surface area (Å²) < 4.78 is 27.6. The summed E-state index contributed by atoms with van der Waals surface area (Å²) in [6, 6.07) is 11.2. The van der Waals surface area contributed by atoms with Crippen LogP contribution in [0, 0.1) is 15.2 Å². The van der Waals surface area contributed by atoms with Crippen LogP contribution in [0.5, 0.6) is 0 Å². The van der Waals surface area contributed by atoms with Gasteiger partial charge in [0.25, 0.3) is 0 Å². The molecule has 18 heavy (non-hydrogen) atoms. The molecule has 0 aliphatic carbocycles. The van der Waals surface area contributed by atoms with Crippen LogP contribution in [0.15, 0.2) is 42.5 Å². The van der Waals surface area contributed by atoms with Crippen molar-refractivity contribution in [2.45, 2.75) is 6.04 Å². The van der Waals surface area contributed by atoms with Gasteiger partial charge in [-0.2, -0.15) is 0 Å². The standard InChI is InChI=1S/C14H12F2IN/c1-18-14(9-2-4-13(17)5-3-9)10-6-11(15)8-12(16)7-10/h2-8,14,18H,1H3. The van der Waals surface area contributed by atoms with Gasteiger partial charge in [-0.15, -0.1) is 0 Å². The molecule has 0 aromatic heterocycles. The minimum absolute atomic E-state index is 0.216. The molecular weight excluding hydrogens is 347 g/mol. The topological polar surface area (TPSA) is 12.0 Å². The lowest BCUT2D eigenvalue weighted by molar-refractivity contribution is 0.571. The van der Waals surface area contributed by atoms with E-state index in [1.807, 2.05) is 24.3 Å². The lowest BCUT2D eigenvalue weighted by Gasteiger charge is -2.17. The third-order valence-corrected chi connectivity index (χ3v) is 3.43. The van der Waals surface area contributed by atoms with Crippen molar-refractivity contribution in [1.29, 1.82) is 0 Å². The van der Waals surface area contributed by atoms with Crippen LogP contribution in [0.1, 0.15) is 17.2 Å². The summed E-state index contributed by atoms with van der Waals surface area (Å²) in [6.07, 6.45) is 0. The molecule has 1 unspecified atom stereocenters. The average molecular weight is 359 g/mol. The summed E-state index contributed by atoms with van der Waals surface area (Å²) >= 11 is 2.22. The number of hydrogen-bond donors (Lipinski definition) is 1. The Labute approximate surface area is 118 Å². The van der Waals surface area contributed by atoms with Crippen LogP contribution in [-0.4, -0.2) is 7.05 Å². The number of hydrogen-bond acceptors (Lipinski definition) is 1. The van der Waals surface area contributed by atoms with Crippen molar-refractivity contribution >= 4 is 22.6 Å². The molecule has 2 aromatic rings. The van der Waals surface area contributed by atoms with E-state index in [1.54, 1.807) is 7.05 Å². The fourth-order valence-electron chi connectivity index (χ4n) is 1.92. The minimum atomic E-state index is -0.559. The summed E-state index contributed by atoms with van der Waals surface area (Å²) in [5.41, 5.74) is 1.55. The van der Waals surface area contributed by atoms with Gasteiger partial charge >= 0.3 is 0 Å². The van der Waals surface area contributed by atoms with Crippen molar-refractivity contribution in [3.63, 3.8) is 0 Å². The molecule has 0 saturated heterocycles. The predicted molar refractivity (Wildman–Crippen MR) is 76.4 cm³/mol. The van der Waals surface area contributed by atoms with Crippen LogP contribution < -0.4 is 5.32 Å². The molecule has 0 radical (unpaired) electrons. The van der Waals surface area contributed by atoms with Crippen LogP contribution in [0.2, 0.25) is 0 Å². The van der Waals surface area contributed by atoms with E-state index in [4.69, 9.17) is 0 Å². The third-order valence-electron chi connectivity index (χ3n) is 2.71. The molecule has 1 atom stereocenters. The van der Waals surface area contributed by atoms with Crippen LogP contribution >= 0.6 is 22.6 Å². The number of rotatable bonds is 3. The largest absolute Gasteiger partial charge is 0.309 e. The monoisotopic (exact) mass is 359 g/mol. The second kappa shape index (κ2) is 5.75. The summed E-state index contributed by atoms with van der Waals surface area (Å²) in [6.45, 7) is 0. The van der Waals surface area contributed by atoms with Crippen molar-refractivity contribution in [2.75, 3.05) is 7.05 Å². The van der Waals surface area contributed by atoms with Crippen molar-refractivity contribution < 1.29 is 8.78 Å². The summed E-state index contributed by atoms with van der Waals surface area (Å²) in [5.74, 6) is -1.12. The Morgan fingerprint density at radius 3 is 2.00 bits per heavy atom. The molecular formula is C14H12F2IN. The van der Waals surface area contributed by atoms with E-state index >= 15 is 0 Å². The summed E-state index contributed by atoms with van der Waals surface area (Å²) in [5, 5.41) is 3.07. The summed E-state index contributed by atoms with van der Waals surface area (Å²) in [7, 11) is 1.77. The molecule has 0 aliphatic rings. The molecule has 0 bridgehead atoms. The summed E-state index contributed by atoms with van der Waals surface area (Å²) in [4.78, 5) is 0. The molecule has 0 heterocycles. The fourth-order valence-corrected chi connectivity index (χ4v) is 2.28. The first-order valence-corrected chi connectivity index (χ1v) is 6.57.